The van der Waals surface area contributed by atoms with Gasteiger partial charge in [-0.15, -0.1) is 0 Å². The Kier molecular flexibility index (Phi) is 23.9. The number of hydrogen-bond donors (Lipinski definition) is 2. The van der Waals surface area contributed by atoms with E-state index in [1.807, 2.05) is 41.5 Å². The van der Waals surface area contributed by atoms with Crippen molar-refractivity contribution in [2.24, 2.45) is 0 Å². The van der Waals surface area contributed by atoms with E-state index >= 15 is 0 Å². The maximum Gasteiger partial charge on any atom is 0.308 e. The second-order valence-corrected chi connectivity index (χ2v) is 11.1. The van der Waals surface area contributed by atoms with Gasteiger partial charge in [-0.3, -0.25) is 19.2 Å². The van der Waals surface area contributed by atoms with Crippen LogP contribution < -0.4 is 10.6 Å². The number of nitrogens with one attached hydrogen (secondary N) is 2. The smallest absolute Gasteiger partial charge is 0.308 e. The van der Waals surface area contributed by atoms with E-state index in [0.29, 0.717) is 52.9 Å². The van der Waals surface area contributed by atoms with Crippen molar-refractivity contribution in [3.05, 3.63) is 0 Å². The van der Waals surface area contributed by atoms with Gasteiger partial charge in [-0.1, -0.05) is 0 Å². The predicted octanol–water partition coefficient (Wildman–Crippen LogP) is 0.785. The van der Waals surface area contributed by atoms with Crippen LogP contribution in [0.15, 0.2) is 0 Å². The number of carbonyl (C=O) groups excluding carboxylic acids is 4. The second kappa shape index (κ2) is 25.5. The maximum absolute atomic E-state index is 11.7. The lowest BCUT2D eigenvalue weighted by molar-refractivity contribution is -0.157. The number of carbonyl (C=O) groups is 4. The van der Waals surface area contributed by atoms with Crippen LogP contribution in [0.4, 0.5) is 0 Å². The highest BCUT2D eigenvalue weighted by molar-refractivity contribution is 6.02. The van der Waals surface area contributed by atoms with Crippen molar-refractivity contribution in [3.63, 3.8) is 0 Å². The zero-order valence-electron chi connectivity index (χ0n) is 27.2. The lowest BCUT2D eigenvalue weighted by Gasteiger charge is -2.19. The Labute approximate surface area is 261 Å². The molecule has 0 heterocycles. The number of hydrogen-bond acceptors (Lipinski definition) is 12. The van der Waals surface area contributed by atoms with Crippen LogP contribution in [0.25, 0.3) is 0 Å². The molecule has 0 unspecified atom stereocenters. The standard InChI is InChI=1S/C30H52N2O12/c1-29(2,3)43-27(35)9-13-37-17-21-41-23-19-39-15-11-31-25(33)7-8-26(34)32-12-16-40-20-24-42-22-18-38-14-10-28(36)44-30(4,5)6/h9-24H2,1-6H3,(H,31,33)(H,32,34). The van der Waals surface area contributed by atoms with Gasteiger partial charge in [0.1, 0.15) is 11.2 Å². The molecule has 0 aliphatic rings. The summed E-state index contributed by atoms with van der Waals surface area (Å²) < 4.78 is 42.4. The largest absolute Gasteiger partial charge is 0.460 e. The minimum absolute atomic E-state index is 0.188. The molecule has 0 aromatic carbocycles. The molecule has 0 saturated heterocycles. The summed E-state index contributed by atoms with van der Waals surface area (Å²) in [6.45, 7) is 15.2. The summed E-state index contributed by atoms with van der Waals surface area (Å²) in [6.07, 6.45) is 0.376. The first-order valence-corrected chi connectivity index (χ1v) is 14.8. The van der Waals surface area contributed by atoms with E-state index in [9.17, 15) is 19.2 Å². The van der Waals surface area contributed by atoms with Crippen LogP contribution in [0.1, 0.15) is 54.4 Å². The SMILES string of the molecule is CC(C)(C)OC(=O)CCOCCOCCOCCNC(=O)C#CC(=O)NCCOCCOCCOCCC(=O)OC(C)(C)C. The van der Waals surface area contributed by atoms with Crippen molar-refractivity contribution in [1.29, 1.82) is 0 Å². The van der Waals surface area contributed by atoms with E-state index < -0.39 is 23.0 Å². The van der Waals surface area contributed by atoms with E-state index in [1.165, 1.54) is 0 Å². The molecule has 254 valence electrons. The maximum atomic E-state index is 11.7. The highest BCUT2D eigenvalue weighted by Crippen LogP contribution is 2.08. The van der Waals surface area contributed by atoms with E-state index in [4.69, 9.17) is 37.9 Å². The Balaban J connectivity index is 3.50. The van der Waals surface area contributed by atoms with Crippen molar-refractivity contribution in [1.82, 2.24) is 10.6 Å². The quantitative estimate of drug-likeness (QED) is 0.0874. The Hall–Kier alpha value is -2.80. The van der Waals surface area contributed by atoms with E-state index in [1.54, 1.807) is 0 Å². The molecule has 0 saturated carbocycles. The van der Waals surface area contributed by atoms with Gasteiger partial charge in [0.2, 0.25) is 0 Å². The first-order chi connectivity index (χ1) is 20.8. The summed E-state index contributed by atoms with van der Waals surface area (Å²) in [5.74, 6) is 2.63. The fraction of sp³-hybridized carbons (Fsp3) is 0.800. The van der Waals surface area contributed by atoms with E-state index in [2.05, 4.69) is 22.5 Å². The van der Waals surface area contributed by atoms with Crippen LogP contribution in [-0.2, 0) is 57.1 Å². The third-order valence-corrected chi connectivity index (χ3v) is 4.58. The van der Waals surface area contributed by atoms with Crippen LogP contribution >= 0.6 is 0 Å². The molecule has 44 heavy (non-hydrogen) atoms. The molecule has 0 atom stereocenters. The third kappa shape index (κ3) is 32.1. The van der Waals surface area contributed by atoms with Crippen LogP contribution in [0.5, 0.6) is 0 Å². The van der Waals surface area contributed by atoms with Gasteiger partial charge < -0.3 is 48.5 Å². The van der Waals surface area contributed by atoms with Gasteiger partial charge in [0.15, 0.2) is 0 Å². The molecule has 0 rings (SSSR count). The average Bonchev–Trinajstić information content (AvgIpc) is 2.91. The topological polar surface area (TPSA) is 166 Å². The average molecular weight is 633 g/mol. The molecule has 0 bridgehead atoms. The molecule has 0 radical (unpaired) electrons. The third-order valence-electron chi connectivity index (χ3n) is 4.58. The Morgan fingerprint density at radius 2 is 0.727 bits per heavy atom. The summed E-state index contributed by atoms with van der Waals surface area (Å²) in [5, 5.41) is 5.05. The lowest BCUT2D eigenvalue weighted by Crippen LogP contribution is -2.28. The summed E-state index contributed by atoms with van der Waals surface area (Å²) in [4.78, 5) is 46.5. The summed E-state index contributed by atoms with van der Waals surface area (Å²) in [6, 6.07) is 0. The van der Waals surface area contributed by atoms with Gasteiger partial charge in [-0.25, -0.2) is 0 Å². The number of esters is 2. The molecule has 0 aliphatic heterocycles. The summed E-state index contributed by atoms with van der Waals surface area (Å²) in [7, 11) is 0. The van der Waals surface area contributed by atoms with Crippen LogP contribution in [-0.4, -0.2) is 127 Å². The monoisotopic (exact) mass is 632 g/mol. The lowest BCUT2D eigenvalue weighted by atomic mass is 10.2. The molecular weight excluding hydrogens is 580 g/mol. The summed E-state index contributed by atoms with van der Waals surface area (Å²) in [5.41, 5.74) is -1.01. The zero-order valence-corrected chi connectivity index (χ0v) is 27.2. The van der Waals surface area contributed by atoms with E-state index in [-0.39, 0.29) is 64.3 Å². The highest BCUT2D eigenvalue weighted by atomic mass is 16.6. The predicted molar refractivity (Wildman–Crippen MR) is 160 cm³/mol. The highest BCUT2D eigenvalue weighted by Gasteiger charge is 2.16. The molecule has 0 fully saturated rings. The zero-order chi connectivity index (χ0) is 33.1. The minimum Gasteiger partial charge on any atom is -0.460 e. The van der Waals surface area contributed by atoms with Gasteiger partial charge in [-0.05, 0) is 41.5 Å². The number of amides is 2. The molecule has 2 amide bonds. The molecule has 0 aromatic rings. The van der Waals surface area contributed by atoms with Gasteiger partial charge in [0.25, 0.3) is 11.8 Å². The molecule has 2 N–H and O–H groups in total. The van der Waals surface area contributed by atoms with Gasteiger partial charge >= 0.3 is 11.9 Å². The Bertz CT molecular complexity index is 804. The fourth-order valence-electron chi connectivity index (χ4n) is 2.86. The number of rotatable bonds is 24. The molecule has 14 nitrogen and oxygen atoms in total. The molecule has 14 heteroatoms. The number of ether oxygens (including phenoxy) is 8. The van der Waals surface area contributed by atoms with Crippen molar-refractivity contribution < 1.29 is 57.1 Å². The fourth-order valence-corrected chi connectivity index (χ4v) is 2.86. The van der Waals surface area contributed by atoms with Crippen molar-refractivity contribution in [2.75, 3.05) is 92.4 Å². The first-order valence-electron chi connectivity index (χ1n) is 14.8. The van der Waals surface area contributed by atoms with Gasteiger partial charge in [0.05, 0.1) is 92.1 Å². The first kappa shape index (κ1) is 41.2. The molecule has 0 aromatic heterocycles. The second-order valence-electron chi connectivity index (χ2n) is 11.1. The van der Waals surface area contributed by atoms with E-state index in [0.717, 1.165) is 0 Å². The Morgan fingerprint density at radius 3 is 1.02 bits per heavy atom. The molecule has 0 aliphatic carbocycles. The van der Waals surface area contributed by atoms with Gasteiger partial charge in [-0.2, -0.15) is 0 Å². The van der Waals surface area contributed by atoms with Gasteiger partial charge in [0, 0.05) is 24.9 Å². The molecular formula is C30H52N2O12. The van der Waals surface area contributed by atoms with Crippen LogP contribution in [0.3, 0.4) is 0 Å². The molecule has 0 spiro atoms. The normalized spacial score (nSPS) is 11.3. The van der Waals surface area contributed by atoms with Crippen molar-refractivity contribution in [3.8, 4) is 11.8 Å². The van der Waals surface area contributed by atoms with Crippen molar-refractivity contribution >= 4 is 23.8 Å². The minimum atomic E-state index is -0.592. The van der Waals surface area contributed by atoms with Crippen molar-refractivity contribution in [2.45, 2.75) is 65.6 Å². The summed E-state index contributed by atoms with van der Waals surface area (Å²) >= 11 is 0. The van der Waals surface area contributed by atoms with Crippen LogP contribution in [0.2, 0.25) is 0 Å². The Morgan fingerprint density at radius 1 is 0.455 bits per heavy atom. The van der Waals surface area contributed by atoms with Crippen LogP contribution in [0, 0.1) is 11.8 Å².